The largest absolute Gasteiger partial charge is 0.378 e. The topological polar surface area (TPSA) is 37.7 Å². The van der Waals surface area contributed by atoms with Crippen molar-refractivity contribution in [3.05, 3.63) is 72.1 Å². The smallest absolute Gasteiger partial charge is 0.140 e. The molecule has 0 saturated carbocycles. The van der Waals surface area contributed by atoms with Crippen molar-refractivity contribution in [2.75, 3.05) is 38.0 Å². The molecule has 6 heteroatoms. The van der Waals surface area contributed by atoms with Gasteiger partial charge in [0.25, 0.3) is 0 Å². The van der Waals surface area contributed by atoms with E-state index >= 15 is 0 Å². The molecule has 1 aliphatic heterocycles. The van der Waals surface area contributed by atoms with E-state index in [0.717, 1.165) is 11.1 Å². The van der Waals surface area contributed by atoms with E-state index in [0.29, 0.717) is 0 Å². The van der Waals surface area contributed by atoms with Crippen LogP contribution >= 0.6 is 0 Å². The Morgan fingerprint density at radius 2 is 1.04 bits per heavy atom. The Hall–Kier alpha value is -3.28. The third kappa shape index (κ3) is 4.71. The maximum Gasteiger partial charge on any atom is 0.140 e. The molecular weight excluding hydrogens is 348 g/mol. The zero-order chi connectivity index (χ0) is 20.1. The Morgan fingerprint density at radius 3 is 1.36 bits per heavy atom. The number of benzene rings is 2. The summed E-state index contributed by atoms with van der Waals surface area (Å²) in [6, 6.07) is 16.6. The molecule has 0 bridgehead atoms. The molecule has 0 radical (unpaired) electrons. The number of hydrazone groups is 2. The van der Waals surface area contributed by atoms with Crippen molar-refractivity contribution in [3.8, 4) is 0 Å². The predicted octanol–water partition coefficient (Wildman–Crippen LogP) is 3.62. The van der Waals surface area contributed by atoms with E-state index in [1.165, 1.54) is 11.4 Å². The third-order valence-electron chi connectivity index (χ3n) is 4.64. The summed E-state index contributed by atoms with van der Waals surface area (Å²) >= 11 is 0. The van der Waals surface area contributed by atoms with Crippen molar-refractivity contribution in [1.82, 2.24) is 10.0 Å². The molecule has 0 fully saturated rings. The fourth-order valence-corrected chi connectivity index (χ4v) is 2.76. The van der Waals surface area contributed by atoms with Crippen molar-refractivity contribution in [1.29, 1.82) is 0 Å². The van der Waals surface area contributed by atoms with Gasteiger partial charge in [0, 0.05) is 52.0 Å². The number of rotatable bonds is 6. The highest BCUT2D eigenvalue weighted by atomic mass is 15.6. The van der Waals surface area contributed by atoms with Gasteiger partial charge >= 0.3 is 0 Å². The van der Waals surface area contributed by atoms with E-state index in [1.807, 2.05) is 63.0 Å². The van der Waals surface area contributed by atoms with Gasteiger partial charge < -0.3 is 9.80 Å². The lowest BCUT2D eigenvalue weighted by Crippen LogP contribution is -2.29. The lowest BCUT2D eigenvalue weighted by Gasteiger charge is -2.22. The summed E-state index contributed by atoms with van der Waals surface area (Å²) in [6.07, 6.45) is 7.62. The highest BCUT2D eigenvalue weighted by molar-refractivity contribution is 5.81. The standard InChI is InChI=1S/C22H28N6/c1-18-27(23-16-19-6-10-21(11-7-19)25(2)3)14-15-28(18)24-17-20-8-12-22(13-9-20)26(4)5/h6-18H,1-5H3. The van der Waals surface area contributed by atoms with Gasteiger partial charge in [-0.05, 0) is 42.3 Å². The molecule has 3 rings (SSSR count). The molecule has 0 saturated heterocycles. The maximum atomic E-state index is 4.57. The summed E-state index contributed by atoms with van der Waals surface area (Å²) in [6.45, 7) is 2.07. The highest BCUT2D eigenvalue weighted by Crippen LogP contribution is 2.17. The highest BCUT2D eigenvalue weighted by Gasteiger charge is 2.20. The molecule has 1 heterocycles. The van der Waals surface area contributed by atoms with Crippen molar-refractivity contribution in [3.63, 3.8) is 0 Å². The molecule has 0 aromatic heterocycles. The van der Waals surface area contributed by atoms with Gasteiger partial charge in [-0.25, -0.2) is 10.0 Å². The van der Waals surface area contributed by atoms with E-state index in [9.17, 15) is 0 Å². The molecule has 1 aliphatic rings. The van der Waals surface area contributed by atoms with E-state index in [-0.39, 0.29) is 6.17 Å². The molecule has 0 spiro atoms. The first-order valence-electron chi connectivity index (χ1n) is 9.32. The SMILES string of the molecule is CC1N(N=Cc2ccc(N(C)C)cc2)C=CN1N=Cc1ccc(N(C)C)cc1. The normalized spacial score (nSPS) is 16.5. The van der Waals surface area contributed by atoms with Crippen molar-refractivity contribution < 1.29 is 0 Å². The monoisotopic (exact) mass is 376 g/mol. The summed E-state index contributed by atoms with van der Waals surface area (Å²) in [5.74, 6) is 0. The second-order valence-corrected chi connectivity index (χ2v) is 7.15. The summed E-state index contributed by atoms with van der Waals surface area (Å²) in [4.78, 5) is 4.16. The number of anilines is 2. The Morgan fingerprint density at radius 1 is 0.679 bits per heavy atom. The summed E-state index contributed by atoms with van der Waals surface area (Å²) in [7, 11) is 8.13. The van der Waals surface area contributed by atoms with Crippen LogP contribution in [-0.2, 0) is 0 Å². The van der Waals surface area contributed by atoms with Gasteiger partial charge in [-0.2, -0.15) is 10.2 Å². The van der Waals surface area contributed by atoms with Gasteiger partial charge in [-0.1, -0.05) is 24.3 Å². The van der Waals surface area contributed by atoms with Gasteiger partial charge in [0.1, 0.15) is 6.17 Å². The molecule has 0 unspecified atom stereocenters. The van der Waals surface area contributed by atoms with E-state index in [2.05, 4.69) is 75.5 Å². The molecule has 28 heavy (non-hydrogen) atoms. The lowest BCUT2D eigenvalue weighted by atomic mass is 10.2. The Bertz CT molecular complexity index is 778. The number of hydrogen-bond donors (Lipinski definition) is 0. The third-order valence-corrected chi connectivity index (χ3v) is 4.64. The fourth-order valence-electron chi connectivity index (χ4n) is 2.76. The lowest BCUT2D eigenvalue weighted by molar-refractivity contribution is 0.181. The van der Waals surface area contributed by atoms with E-state index in [1.54, 1.807) is 0 Å². The quantitative estimate of drug-likeness (QED) is 0.722. The summed E-state index contributed by atoms with van der Waals surface area (Å²) < 4.78 is 0. The number of hydrogen-bond acceptors (Lipinski definition) is 6. The predicted molar refractivity (Wildman–Crippen MR) is 119 cm³/mol. The van der Waals surface area contributed by atoms with Gasteiger partial charge in [0.2, 0.25) is 0 Å². The van der Waals surface area contributed by atoms with Crippen LogP contribution in [0.5, 0.6) is 0 Å². The Balaban J connectivity index is 1.59. The Kier molecular flexibility index (Phi) is 5.99. The van der Waals surface area contributed by atoms with Gasteiger partial charge in [-0.15, -0.1) is 0 Å². The second kappa shape index (κ2) is 8.61. The van der Waals surface area contributed by atoms with Crippen LogP contribution in [0.3, 0.4) is 0 Å². The van der Waals surface area contributed by atoms with Crippen molar-refractivity contribution >= 4 is 23.8 Å². The average Bonchev–Trinajstić information content (AvgIpc) is 3.05. The molecule has 2 aromatic rings. The average molecular weight is 377 g/mol. The second-order valence-electron chi connectivity index (χ2n) is 7.15. The zero-order valence-electron chi connectivity index (χ0n) is 17.2. The maximum absolute atomic E-state index is 4.57. The first-order valence-corrected chi connectivity index (χ1v) is 9.32. The first-order chi connectivity index (χ1) is 13.4. The van der Waals surface area contributed by atoms with E-state index in [4.69, 9.17) is 0 Å². The fraction of sp³-hybridized carbons (Fsp3) is 0.273. The molecule has 0 atom stereocenters. The molecule has 2 aromatic carbocycles. The molecule has 6 nitrogen and oxygen atoms in total. The van der Waals surface area contributed by atoms with Crippen LogP contribution in [0.15, 0.2) is 71.1 Å². The minimum Gasteiger partial charge on any atom is -0.378 e. The van der Waals surface area contributed by atoms with Crippen LogP contribution in [0, 0.1) is 0 Å². The minimum atomic E-state index is 0.0228. The van der Waals surface area contributed by atoms with Crippen LogP contribution in [0.2, 0.25) is 0 Å². The molecule has 0 aliphatic carbocycles. The van der Waals surface area contributed by atoms with Gasteiger partial charge in [-0.3, -0.25) is 0 Å². The molecule has 146 valence electrons. The van der Waals surface area contributed by atoms with Crippen LogP contribution in [0.25, 0.3) is 0 Å². The summed E-state index contributed by atoms with van der Waals surface area (Å²) in [5, 5.41) is 12.9. The van der Waals surface area contributed by atoms with Gasteiger partial charge in [0.15, 0.2) is 0 Å². The van der Waals surface area contributed by atoms with Gasteiger partial charge in [0.05, 0.1) is 12.4 Å². The van der Waals surface area contributed by atoms with Crippen LogP contribution in [0.1, 0.15) is 18.1 Å². The molecule has 0 N–H and O–H groups in total. The van der Waals surface area contributed by atoms with Crippen LogP contribution in [-0.4, -0.2) is 56.8 Å². The van der Waals surface area contributed by atoms with Crippen LogP contribution < -0.4 is 9.80 Å². The summed E-state index contributed by atoms with van der Waals surface area (Å²) in [5.41, 5.74) is 4.47. The first kappa shape index (κ1) is 19.5. The van der Waals surface area contributed by atoms with Crippen LogP contribution in [0.4, 0.5) is 11.4 Å². The Labute approximate surface area is 167 Å². The van der Waals surface area contributed by atoms with E-state index < -0.39 is 0 Å². The molecular formula is C22H28N6. The number of nitrogens with zero attached hydrogens (tertiary/aromatic N) is 6. The minimum absolute atomic E-state index is 0.0228. The van der Waals surface area contributed by atoms with Crippen molar-refractivity contribution in [2.45, 2.75) is 13.1 Å². The molecule has 0 amide bonds. The zero-order valence-corrected chi connectivity index (χ0v) is 17.2. The van der Waals surface area contributed by atoms with Crippen molar-refractivity contribution in [2.24, 2.45) is 10.2 Å².